The molecule has 0 radical (unpaired) electrons. The zero-order valence-corrected chi connectivity index (χ0v) is 16.4. The van der Waals surface area contributed by atoms with Crippen LogP contribution in [0.3, 0.4) is 0 Å². The number of rotatable bonds is 8. The molecule has 2 N–H and O–H groups in total. The molecule has 0 bridgehead atoms. The molecule has 9 heteroatoms. The zero-order valence-electron chi connectivity index (χ0n) is 15.6. The molecule has 1 aromatic carbocycles. The summed E-state index contributed by atoms with van der Waals surface area (Å²) in [5.74, 6) is -1.96. The minimum Gasteiger partial charge on any atom is -0.480 e. The zero-order chi connectivity index (χ0) is 20.0. The number of nitrogens with zero attached hydrogens (tertiary/aromatic N) is 1. The van der Waals surface area contributed by atoms with Crippen LogP contribution < -0.4 is 5.32 Å². The molecule has 1 amide bonds. The number of sulfonamides is 1. The second kappa shape index (κ2) is 9.29. The number of hydrogen-bond acceptors (Lipinski definition) is 5. The van der Waals surface area contributed by atoms with Crippen molar-refractivity contribution < 1.29 is 27.9 Å². The fraction of sp³-hybridized carbons (Fsp3) is 0.556. The van der Waals surface area contributed by atoms with Gasteiger partial charge in [-0.05, 0) is 37.1 Å². The van der Waals surface area contributed by atoms with Gasteiger partial charge < -0.3 is 15.2 Å². The topological polar surface area (TPSA) is 113 Å². The predicted octanol–water partition coefficient (Wildman–Crippen LogP) is 1.33. The van der Waals surface area contributed by atoms with Gasteiger partial charge in [-0.3, -0.25) is 4.79 Å². The van der Waals surface area contributed by atoms with Crippen molar-refractivity contribution in [2.24, 2.45) is 5.92 Å². The lowest BCUT2D eigenvalue weighted by Gasteiger charge is -2.28. The van der Waals surface area contributed by atoms with Gasteiger partial charge in [-0.1, -0.05) is 13.8 Å². The number of aliphatic carboxylic acids is 1. The fourth-order valence-corrected chi connectivity index (χ4v) is 4.58. The Morgan fingerprint density at radius 1 is 1.26 bits per heavy atom. The first-order valence-corrected chi connectivity index (χ1v) is 10.5. The van der Waals surface area contributed by atoms with E-state index in [1.54, 1.807) is 13.8 Å². The molecule has 1 aromatic rings. The molecule has 27 heavy (non-hydrogen) atoms. The maximum Gasteiger partial charge on any atom is 0.326 e. The molecule has 0 aromatic heterocycles. The van der Waals surface area contributed by atoms with Crippen molar-refractivity contribution in [3.63, 3.8) is 0 Å². The summed E-state index contributed by atoms with van der Waals surface area (Å²) < 4.78 is 31.6. The summed E-state index contributed by atoms with van der Waals surface area (Å²) in [7, 11) is -3.61. The van der Waals surface area contributed by atoms with Crippen molar-refractivity contribution in [2.75, 3.05) is 26.3 Å². The van der Waals surface area contributed by atoms with Gasteiger partial charge in [0.15, 0.2) is 0 Å². The van der Waals surface area contributed by atoms with Crippen molar-refractivity contribution in [1.29, 1.82) is 0 Å². The third kappa shape index (κ3) is 5.06. The van der Waals surface area contributed by atoms with Crippen LogP contribution in [0.15, 0.2) is 29.2 Å². The van der Waals surface area contributed by atoms with Crippen LogP contribution in [0, 0.1) is 5.92 Å². The molecule has 150 valence electrons. The van der Waals surface area contributed by atoms with Gasteiger partial charge in [-0.25, -0.2) is 13.2 Å². The summed E-state index contributed by atoms with van der Waals surface area (Å²) in [6, 6.07) is 4.46. The van der Waals surface area contributed by atoms with Crippen LogP contribution in [0.5, 0.6) is 0 Å². The lowest BCUT2D eigenvalue weighted by atomic mass is 9.93. The van der Waals surface area contributed by atoms with E-state index in [1.165, 1.54) is 28.6 Å². The summed E-state index contributed by atoms with van der Waals surface area (Å²) >= 11 is 0. The van der Waals surface area contributed by atoms with Gasteiger partial charge in [0, 0.05) is 31.2 Å². The van der Waals surface area contributed by atoms with Crippen LogP contribution in [0.2, 0.25) is 0 Å². The molecule has 1 aliphatic rings. The highest BCUT2D eigenvalue weighted by Crippen LogP contribution is 2.19. The monoisotopic (exact) mass is 398 g/mol. The molecular formula is C18H26N2O6S. The van der Waals surface area contributed by atoms with E-state index in [1.807, 2.05) is 0 Å². The molecule has 1 heterocycles. The smallest absolute Gasteiger partial charge is 0.326 e. The van der Waals surface area contributed by atoms with E-state index in [4.69, 9.17) is 4.74 Å². The maximum atomic E-state index is 12.5. The highest BCUT2D eigenvalue weighted by Gasteiger charge is 2.31. The number of benzene rings is 1. The van der Waals surface area contributed by atoms with E-state index in [-0.39, 0.29) is 23.0 Å². The number of hydrogen-bond donors (Lipinski definition) is 2. The number of carboxylic acids is 1. The van der Waals surface area contributed by atoms with E-state index in [2.05, 4.69) is 5.32 Å². The molecule has 2 unspecified atom stereocenters. The summed E-state index contributed by atoms with van der Waals surface area (Å²) in [5.41, 5.74) is 0.205. The van der Waals surface area contributed by atoms with Crippen LogP contribution in [-0.4, -0.2) is 62.1 Å². The van der Waals surface area contributed by atoms with Gasteiger partial charge in [0.1, 0.15) is 6.04 Å². The summed E-state index contributed by atoms with van der Waals surface area (Å²) in [4.78, 5) is 24.1. The molecule has 2 atom stereocenters. The Kier molecular flexibility index (Phi) is 7.34. The molecule has 0 aliphatic carbocycles. The van der Waals surface area contributed by atoms with E-state index in [0.29, 0.717) is 26.1 Å². The van der Waals surface area contributed by atoms with E-state index < -0.39 is 27.9 Å². The SMILES string of the molecule is CCN(CC)S(=O)(=O)c1ccc(C(=O)NC(C(=O)O)C2CCCOC2)cc1. The Labute approximate surface area is 159 Å². The lowest BCUT2D eigenvalue weighted by Crippen LogP contribution is -2.48. The third-order valence-electron chi connectivity index (χ3n) is 4.68. The number of amides is 1. The van der Waals surface area contributed by atoms with Crippen molar-refractivity contribution >= 4 is 21.9 Å². The fourth-order valence-electron chi connectivity index (χ4n) is 3.13. The van der Waals surface area contributed by atoms with E-state index >= 15 is 0 Å². The highest BCUT2D eigenvalue weighted by atomic mass is 32.2. The second-order valence-corrected chi connectivity index (χ2v) is 8.32. The molecule has 1 saturated heterocycles. The third-order valence-corrected chi connectivity index (χ3v) is 6.74. The van der Waals surface area contributed by atoms with Gasteiger partial charge in [0.05, 0.1) is 11.5 Å². The number of ether oxygens (including phenoxy) is 1. The summed E-state index contributed by atoms with van der Waals surface area (Å²) in [6.45, 7) is 5.10. The average molecular weight is 398 g/mol. The van der Waals surface area contributed by atoms with Gasteiger partial charge in [0.2, 0.25) is 10.0 Å². The Bertz CT molecular complexity index is 753. The normalized spacial score (nSPS) is 18.9. The highest BCUT2D eigenvalue weighted by molar-refractivity contribution is 7.89. The molecular weight excluding hydrogens is 372 g/mol. The molecule has 0 spiro atoms. The van der Waals surface area contributed by atoms with Crippen LogP contribution in [0.1, 0.15) is 37.0 Å². The number of carbonyl (C=O) groups excluding carboxylic acids is 1. The summed E-state index contributed by atoms with van der Waals surface area (Å²) in [5, 5.41) is 12.0. The molecule has 8 nitrogen and oxygen atoms in total. The molecule has 2 rings (SSSR count). The first kappa shape index (κ1) is 21.3. The first-order chi connectivity index (χ1) is 12.8. The largest absolute Gasteiger partial charge is 0.480 e. The summed E-state index contributed by atoms with van der Waals surface area (Å²) in [6.07, 6.45) is 1.42. The van der Waals surface area contributed by atoms with Crippen LogP contribution >= 0.6 is 0 Å². The minimum atomic E-state index is -3.61. The Balaban J connectivity index is 2.13. The van der Waals surface area contributed by atoms with Crippen molar-refractivity contribution in [3.05, 3.63) is 29.8 Å². The van der Waals surface area contributed by atoms with Crippen molar-refractivity contribution in [1.82, 2.24) is 9.62 Å². The molecule has 1 fully saturated rings. The first-order valence-electron chi connectivity index (χ1n) is 9.02. The Morgan fingerprint density at radius 2 is 1.89 bits per heavy atom. The van der Waals surface area contributed by atoms with Crippen LogP contribution in [-0.2, 0) is 19.6 Å². The maximum absolute atomic E-state index is 12.5. The minimum absolute atomic E-state index is 0.0956. The number of carboxylic acid groups (broad SMARTS) is 1. The average Bonchev–Trinajstić information content (AvgIpc) is 2.67. The lowest BCUT2D eigenvalue weighted by molar-refractivity contribution is -0.142. The van der Waals surface area contributed by atoms with E-state index in [0.717, 1.165) is 6.42 Å². The van der Waals surface area contributed by atoms with Gasteiger partial charge in [0.25, 0.3) is 5.91 Å². The van der Waals surface area contributed by atoms with Crippen molar-refractivity contribution in [3.8, 4) is 0 Å². The standard InChI is InChI=1S/C18H26N2O6S/c1-3-20(4-2)27(24,25)15-9-7-13(8-10-15)17(21)19-16(18(22)23)14-6-5-11-26-12-14/h7-10,14,16H,3-6,11-12H2,1-2H3,(H,19,21)(H,22,23). The van der Waals surface area contributed by atoms with Crippen LogP contribution in [0.4, 0.5) is 0 Å². The Hall–Kier alpha value is -1.97. The molecule has 0 saturated carbocycles. The van der Waals surface area contributed by atoms with Crippen molar-refractivity contribution in [2.45, 2.75) is 37.6 Å². The number of nitrogens with one attached hydrogen (secondary N) is 1. The van der Waals surface area contributed by atoms with Gasteiger partial charge >= 0.3 is 5.97 Å². The predicted molar refractivity (Wildman–Crippen MR) is 99.0 cm³/mol. The Morgan fingerprint density at radius 3 is 2.37 bits per heavy atom. The number of carbonyl (C=O) groups is 2. The van der Waals surface area contributed by atoms with Crippen LogP contribution in [0.25, 0.3) is 0 Å². The van der Waals surface area contributed by atoms with Gasteiger partial charge in [-0.2, -0.15) is 4.31 Å². The molecule has 1 aliphatic heterocycles. The quantitative estimate of drug-likeness (QED) is 0.683. The van der Waals surface area contributed by atoms with Gasteiger partial charge in [-0.15, -0.1) is 0 Å². The van der Waals surface area contributed by atoms with E-state index in [9.17, 15) is 23.1 Å². The second-order valence-electron chi connectivity index (χ2n) is 6.38.